The number of amides is 2. The van der Waals surface area contributed by atoms with Crippen molar-refractivity contribution in [2.24, 2.45) is 0 Å². The Morgan fingerprint density at radius 3 is 2.23 bits per heavy atom. The smallest absolute Gasteiger partial charge is 0.407 e. The Morgan fingerprint density at radius 2 is 1.57 bits per heavy atom. The molecule has 0 aliphatic heterocycles. The summed E-state index contributed by atoms with van der Waals surface area (Å²) in [6.45, 7) is 0.648. The van der Waals surface area contributed by atoms with Gasteiger partial charge in [-0.15, -0.1) is 0 Å². The zero-order valence-corrected chi connectivity index (χ0v) is 20.5. The maximum Gasteiger partial charge on any atom is 0.407 e. The lowest BCUT2D eigenvalue weighted by molar-refractivity contribution is -0.116. The summed E-state index contributed by atoms with van der Waals surface area (Å²) in [6.07, 6.45) is 0.932. The van der Waals surface area contributed by atoms with Crippen molar-refractivity contribution in [2.45, 2.75) is 25.2 Å². The minimum Gasteiger partial charge on any atom is -0.478 e. The van der Waals surface area contributed by atoms with E-state index < -0.39 is 12.1 Å². The van der Waals surface area contributed by atoms with Crippen molar-refractivity contribution in [3.63, 3.8) is 0 Å². The molecule has 4 rings (SSSR count). The summed E-state index contributed by atoms with van der Waals surface area (Å²) in [5, 5.41) is 14.5. The van der Waals surface area contributed by atoms with E-state index in [1.54, 1.807) is 6.07 Å². The van der Waals surface area contributed by atoms with Crippen LogP contribution in [0, 0.1) is 0 Å². The summed E-state index contributed by atoms with van der Waals surface area (Å²) < 4.78 is 6.11. The number of benzene rings is 3. The van der Waals surface area contributed by atoms with Gasteiger partial charge in [0, 0.05) is 23.4 Å². The molecule has 3 aromatic carbocycles. The third-order valence-electron chi connectivity index (χ3n) is 5.93. The van der Waals surface area contributed by atoms with E-state index >= 15 is 0 Å². The van der Waals surface area contributed by atoms with Crippen LogP contribution in [-0.4, -0.2) is 36.2 Å². The Hall–Kier alpha value is -3.65. The third kappa shape index (κ3) is 5.89. The van der Waals surface area contributed by atoms with Gasteiger partial charge in [0.05, 0.1) is 11.3 Å². The number of nitrogens with one attached hydrogen (secondary N) is 2. The van der Waals surface area contributed by atoms with Gasteiger partial charge in [-0.05, 0) is 69.2 Å². The van der Waals surface area contributed by atoms with Crippen LogP contribution in [0.1, 0.15) is 46.7 Å². The Balaban J connectivity index is 1.18. The molecule has 0 atom stereocenters. The van der Waals surface area contributed by atoms with E-state index in [1.807, 2.05) is 24.3 Å². The van der Waals surface area contributed by atoms with E-state index in [2.05, 4.69) is 50.8 Å². The van der Waals surface area contributed by atoms with Crippen LogP contribution in [0.3, 0.4) is 0 Å². The van der Waals surface area contributed by atoms with Gasteiger partial charge in [-0.25, -0.2) is 9.59 Å². The van der Waals surface area contributed by atoms with Crippen LogP contribution < -0.4 is 10.6 Å². The number of fused-ring (bicyclic) bond motifs is 3. The fraction of sp³-hybridized carbons (Fsp3) is 0.222. The van der Waals surface area contributed by atoms with Crippen molar-refractivity contribution >= 4 is 39.6 Å². The van der Waals surface area contributed by atoms with Gasteiger partial charge in [-0.2, -0.15) is 0 Å². The highest BCUT2D eigenvalue weighted by molar-refractivity contribution is 9.10. The van der Waals surface area contributed by atoms with E-state index in [4.69, 9.17) is 9.84 Å². The van der Waals surface area contributed by atoms with Crippen LogP contribution in [0.4, 0.5) is 10.5 Å². The first kappa shape index (κ1) is 24.5. The topological polar surface area (TPSA) is 105 Å². The molecule has 0 saturated heterocycles. The molecule has 0 fully saturated rings. The summed E-state index contributed by atoms with van der Waals surface area (Å²) in [5.74, 6) is -1.28. The van der Waals surface area contributed by atoms with Gasteiger partial charge >= 0.3 is 12.1 Å². The van der Waals surface area contributed by atoms with Gasteiger partial charge in [0.1, 0.15) is 6.61 Å². The predicted octanol–water partition coefficient (Wildman–Crippen LogP) is 5.79. The van der Waals surface area contributed by atoms with E-state index in [-0.39, 0.29) is 30.4 Å². The van der Waals surface area contributed by atoms with Gasteiger partial charge in [-0.1, -0.05) is 48.5 Å². The van der Waals surface area contributed by atoms with Gasteiger partial charge in [0.25, 0.3) is 0 Å². The van der Waals surface area contributed by atoms with Crippen LogP contribution in [0.25, 0.3) is 11.1 Å². The highest BCUT2D eigenvalue weighted by Crippen LogP contribution is 2.44. The highest BCUT2D eigenvalue weighted by Gasteiger charge is 2.28. The molecular weight excluding hydrogens is 512 g/mol. The van der Waals surface area contributed by atoms with Crippen molar-refractivity contribution in [1.82, 2.24) is 5.32 Å². The second kappa shape index (κ2) is 11.2. The number of carboxylic acid groups (broad SMARTS) is 1. The van der Waals surface area contributed by atoms with Gasteiger partial charge in [0.2, 0.25) is 5.91 Å². The molecule has 35 heavy (non-hydrogen) atoms. The number of alkyl carbamates (subject to hydrolysis) is 1. The number of carbonyl (C=O) groups excluding carboxylic acids is 2. The fourth-order valence-corrected chi connectivity index (χ4v) is 4.56. The quantitative estimate of drug-likeness (QED) is 0.300. The molecule has 0 saturated carbocycles. The molecule has 0 heterocycles. The van der Waals surface area contributed by atoms with E-state index in [1.165, 1.54) is 23.3 Å². The average Bonchev–Trinajstić information content (AvgIpc) is 3.17. The SMILES string of the molecule is O=C(CCCCNC(=O)OCC1c2ccccc2-c2ccccc21)Nc1cc(C(=O)O)ccc1Br. The van der Waals surface area contributed by atoms with Crippen molar-refractivity contribution in [2.75, 3.05) is 18.5 Å². The zero-order chi connectivity index (χ0) is 24.8. The highest BCUT2D eigenvalue weighted by atomic mass is 79.9. The lowest BCUT2D eigenvalue weighted by Crippen LogP contribution is -2.27. The maximum atomic E-state index is 12.2. The molecule has 0 spiro atoms. The van der Waals surface area contributed by atoms with Crippen molar-refractivity contribution in [3.05, 3.63) is 87.9 Å². The molecule has 2 amide bonds. The number of hydrogen-bond donors (Lipinski definition) is 3. The normalized spacial score (nSPS) is 11.9. The number of carbonyl (C=O) groups is 3. The fourth-order valence-electron chi connectivity index (χ4n) is 4.22. The predicted molar refractivity (Wildman–Crippen MR) is 137 cm³/mol. The average molecular weight is 537 g/mol. The van der Waals surface area contributed by atoms with Crippen LogP contribution in [0.15, 0.2) is 71.2 Å². The van der Waals surface area contributed by atoms with Crippen molar-refractivity contribution < 1.29 is 24.2 Å². The molecule has 3 aromatic rings. The summed E-state index contributed by atoms with van der Waals surface area (Å²) >= 11 is 3.31. The Labute approximate surface area is 211 Å². The Morgan fingerprint density at radius 1 is 0.914 bits per heavy atom. The zero-order valence-electron chi connectivity index (χ0n) is 18.9. The van der Waals surface area contributed by atoms with Gasteiger partial charge in [-0.3, -0.25) is 4.79 Å². The van der Waals surface area contributed by atoms with Crippen molar-refractivity contribution in [3.8, 4) is 11.1 Å². The minimum atomic E-state index is -1.06. The number of aromatic carboxylic acids is 1. The molecule has 3 N–H and O–H groups in total. The number of anilines is 1. The standard InChI is InChI=1S/C27H25BrN2O5/c28-23-13-12-17(26(32)33)15-24(23)30-25(31)11-5-6-14-29-27(34)35-16-22-20-9-3-1-7-18(20)19-8-2-4-10-21(19)22/h1-4,7-10,12-13,15,22H,5-6,11,14,16H2,(H,29,34)(H,30,31)(H,32,33). The number of unbranched alkanes of at least 4 members (excludes halogenated alkanes) is 1. The maximum absolute atomic E-state index is 12.2. The van der Waals surface area contributed by atoms with E-state index in [9.17, 15) is 14.4 Å². The molecule has 0 radical (unpaired) electrons. The summed E-state index contributed by atoms with van der Waals surface area (Å²) in [6, 6.07) is 20.8. The second-order valence-corrected chi connectivity index (χ2v) is 9.11. The van der Waals surface area contributed by atoms with Crippen molar-refractivity contribution in [1.29, 1.82) is 0 Å². The van der Waals surface area contributed by atoms with Crippen LogP contribution >= 0.6 is 15.9 Å². The number of rotatable bonds is 9. The molecular formula is C27H25BrN2O5. The molecule has 0 aromatic heterocycles. The molecule has 0 bridgehead atoms. The third-order valence-corrected chi connectivity index (χ3v) is 6.62. The van der Waals surface area contributed by atoms with E-state index in [0.29, 0.717) is 29.5 Å². The largest absolute Gasteiger partial charge is 0.478 e. The monoisotopic (exact) mass is 536 g/mol. The van der Waals surface area contributed by atoms with Crippen LogP contribution in [0.2, 0.25) is 0 Å². The number of hydrogen-bond acceptors (Lipinski definition) is 4. The molecule has 0 unspecified atom stereocenters. The summed E-state index contributed by atoms with van der Waals surface area (Å²) in [7, 11) is 0. The molecule has 8 heteroatoms. The van der Waals surface area contributed by atoms with Crippen LogP contribution in [0.5, 0.6) is 0 Å². The molecule has 1 aliphatic carbocycles. The molecule has 7 nitrogen and oxygen atoms in total. The Bertz CT molecular complexity index is 1210. The first-order valence-electron chi connectivity index (χ1n) is 11.4. The van der Waals surface area contributed by atoms with Gasteiger partial charge in [0.15, 0.2) is 0 Å². The van der Waals surface area contributed by atoms with Gasteiger partial charge < -0.3 is 20.5 Å². The molecule has 1 aliphatic rings. The van der Waals surface area contributed by atoms with Crippen LogP contribution in [-0.2, 0) is 9.53 Å². The first-order valence-corrected chi connectivity index (χ1v) is 12.1. The number of halogens is 1. The lowest BCUT2D eigenvalue weighted by atomic mass is 9.98. The summed E-state index contributed by atoms with van der Waals surface area (Å²) in [4.78, 5) is 35.5. The minimum absolute atomic E-state index is 0.01000. The van der Waals surface area contributed by atoms with E-state index in [0.717, 1.165) is 11.1 Å². The first-order chi connectivity index (χ1) is 16.9. The number of ether oxygens (including phenoxy) is 1. The Kier molecular flexibility index (Phi) is 7.82. The second-order valence-electron chi connectivity index (χ2n) is 8.26. The lowest BCUT2D eigenvalue weighted by Gasteiger charge is -2.14. The number of carboxylic acids is 1. The molecule has 180 valence electrons. The summed E-state index contributed by atoms with van der Waals surface area (Å²) in [5.41, 5.74) is 5.18.